The van der Waals surface area contributed by atoms with E-state index in [9.17, 15) is 0 Å². The minimum atomic E-state index is 0.543. The molecule has 3 heterocycles. The van der Waals surface area contributed by atoms with E-state index in [1.54, 1.807) is 0 Å². The van der Waals surface area contributed by atoms with E-state index in [1.807, 2.05) is 13.1 Å². The quantitative estimate of drug-likeness (QED) is 0.889. The van der Waals surface area contributed by atoms with Crippen LogP contribution in [0.15, 0.2) is 16.9 Å². The second kappa shape index (κ2) is 4.89. The lowest BCUT2D eigenvalue weighted by molar-refractivity contribution is 0.192. The highest BCUT2D eigenvalue weighted by molar-refractivity contribution is 5.09. The second-order valence-electron chi connectivity index (χ2n) is 4.88. The number of likely N-dealkylation sites (tertiary alicyclic amines) is 1. The molecule has 1 unspecified atom stereocenters. The van der Waals surface area contributed by atoms with E-state index in [2.05, 4.69) is 31.5 Å². The lowest BCUT2D eigenvalue weighted by Gasteiger charge is -2.31. The summed E-state index contributed by atoms with van der Waals surface area (Å²) in [7, 11) is 0. The number of piperidine rings is 1. The van der Waals surface area contributed by atoms with Crippen molar-refractivity contribution in [1.82, 2.24) is 25.4 Å². The average molecular weight is 247 g/mol. The summed E-state index contributed by atoms with van der Waals surface area (Å²) in [4.78, 5) is 2.40. The molecule has 1 N–H and O–H groups in total. The first-order chi connectivity index (χ1) is 8.83. The minimum Gasteiger partial charge on any atom is -0.297 e. The van der Waals surface area contributed by atoms with Gasteiger partial charge in [0.25, 0.3) is 0 Å². The molecular formula is C12H17N5O. The van der Waals surface area contributed by atoms with Gasteiger partial charge in [-0.2, -0.15) is 5.10 Å². The molecule has 0 radical (unpaired) electrons. The highest BCUT2D eigenvalue weighted by Crippen LogP contribution is 2.26. The molecule has 2 aromatic heterocycles. The number of rotatable bonds is 3. The van der Waals surface area contributed by atoms with E-state index in [1.165, 1.54) is 18.5 Å². The second-order valence-corrected chi connectivity index (χ2v) is 4.88. The molecule has 96 valence electrons. The predicted molar refractivity (Wildman–Crippen MR) is 64.9 cm³/mol. The van der Waals surface area contributed by atoms with Crippen molar-refractivity contribution in [3.8, 4) is 0 Å². The predicted octanol–water partition coefficient (Wildman–Crippen LogP) is 1.48. The van der Waals surface area contributed by atoms with E-state index >= 15 is 0 Å². The van der Waals surface area contributed by atoms with Crippen LogP contribution >= 0.6 is 0 Å². The Morgan fingerprint density at radius 3 is 3.17 bits per heavy atom. The van der Waals surface area contributed by atoms with Crippen molar-refractivity contribution in [1.29, 1.82) is 0 Å². The van der Waals surface area contributed by atoms with Crippen molar-refractivity contribution in [2.75, 3.05) is 13.1 Å². The zero-order valence-electron chi connectivity index (χ0n) is 10.5. The first-order valence-corrected chi connectivity index (χ1v) is 6.32. The molecule has 6 nitrogen and oxygen atoms in total. The SMILES string of the molecule is Cc1nonc1CN1CCCC(c2ccn[nH]2)C1. The van der Waals surface area contributed by atoms with Gasteiger partial charge in [-0.3, -0.25) is 10.00 Å². The van der Waals surface area contributed by atoms with E-state index < -0.39 is 0 Å². The standard InChI is InChI=1S/C12H17N5O/c1-9-12(16-18-15-9)8-17-6-2-3-10(7-17)11-4-5-13-14-11/h4-5,10H,2-3,6-8H2,1H3,(H,13,14). The van der Waals surface area contributed by atoms with E-state index in [0.717, 1.165) is 31.0 Å². The molecule has 0 aliphatic carbocycles. The molecule has 0 aromatic carbocycles. The summed E-state index contributed by atoms with van der Waals surface area (Å²) < 4.78 is 4.74. The minimum absolute atomic E-state index is 0.543. The highest BCUT2D eigenvalue weighted by atomic mass is 16.6. The number of H-pyrrole nitrogens is 1. The Kier molecular flexibility index (Phi) is 3.10. The van der Waals surface area contributed by atoms with E-state index in [0.29, 0.717) is 5.92 Å². The Morgan fingerprint density at radius 2 is 2.44 bits per heavy atom. The zero-order valence-corrected chi connectivity index (χ0v) is 10.5. The molecule has 1 aliphatic heterocycles. The number of aromatic amines is 1. The van der Waals surface area contributed by atoms with Gasteiger partial charge in [0.15, 0.2) is 0 Å². The zero-order chi connectivity index (χ0) is 12.4. The lowest BCUT2D eigenvalue weighted by atomic mass is 9.95. The largest absolute Gasteiger partial charge is 0.297 e. The van der Waals surface area contributed by atoms with Gasteiger partial charge in [-0.1, -0.05) is 10.3 Å². The van der Waals surface area contributed by atoms with Crippen molar-refractivity contribution in [3.63, 3.8) is 0 Å². The van der Waals surface area contributed by atoms with Gasteiger partial charge in [-0.25, -0.2) is 4.63 Å². The maximum atomic E-state index is 4.74. The molecule has 1 atom stereocenters. The average Bonchev–Trinajstić information content (AvgIpc) is 3.02. The van der Waals surface area contributed by atoms with Crippen LogP contribution in [0.5, 0.6) is 0 Å². The number of nitrogens with zero attached hydrogens (tertiary/aromatic N) is 4. The number of nitrogens with one attached hydrogen (secondary N) is 1. The molecule has 1 aliphatic rings. The summed E-state index contributed by atoms with van der Waals surface area (Å²) in [6.45, 7) is 4.90. The number of hydrogen-bond donors (Lipinski definition) is 1. The molecule has 2 aromatic rings. The molecule has 18 heavy (non-hydrogen) atoms. The van der Waals surface area contributed by atoms with Gasteiger partial charge in [0, 0.05) is 30.9 Å². The maximum Gasteiger partial charge on any atom is 0.122 e. The smallest absolute Gasteiger partial charge is 0.122 e. The normalized spacial score (nSPS) is 21.3. The van der Waals surface area contributed by atoms with Crippen molar-refractivity contribution < 1.29 is 4.63 Å². The Bertz CT molecular complexity index is 492. The molecule has 0 amide bonds. The van der Waals surface area contributed by atoms with Crippen molar-refractivity contribution in [2.24, 2.45) is 0 Å². The molecular weight excluding hydrogens is 230 g/mol. The van der Waals surface area contributed by atoms with Gasteiger partial charge in [-0.15, -0.1) is 0 Å². The Balaban J connectivity index is 1.66. The molecule has 0 spiro atoms. The van der Waals surface area contributed by atoms with Gasteiger partial charge < -0.3 is 0 Å². The number of aryl methyl sites for hydroxylation is 1. The van der Waals surface area contributed by atoms with Crippen molar-refractivity contribution >= 4 is 0 Å². The van der Waals surface area contributed by atoms with E-state index in [4.69, 9.17) is 4.63 Å². The summed E-state index contributed by atoms with van der Waals surface area (Å²) in [6, 6.07) is 2.07. The van der Waals surface area contributed by atoms with Crippen LogP contribution in [0.2, 0.25) is 0 Å². The monoisotopic (exact) mass is 247 g/mol. The van der Waals surface area contributed by atoms with Gasteiger partial charge in [0.05, 0.1) is 0 Å². The fourth-order valence-corrected chi connectivity index (χ4v) is 2.55. The van der Waals surface area contributed by atoms with Gasteiger partial charge in [-0.05, 0) is 32.4 Å². The third-order valence-corrected chi connectivity index (χ3v) is 3.59. The Morgan fingerprint density at radius 1 is 1.50 bits per heavy atom. The fourth-order valence-electron chi connectivity index (χ4n) is 2.55. The van der Waals surface area contributed by atoms with Crippen LogP contribution in [-0.2, 0) is 6.54 Å². The number of hydrogen-bond acceptors (Lipinski definition) is 5. The molecule has 0 saturated carbocycles. The van der Waals surface area contributed by atoms with Crippen molar-refractivity contribution in [2.45, 2.75) is 32.2 Å². The van der Waals surface area contributed by atoms with Gasteiger partial charge in [0.2, 0.25) is 0 Å². The molecule has 1 fully saturated rings. The summed E-state index contributed by atoms with van der Waals surface area (Å²) in [5, 5.41) is 14.9. The topological polar surface area (TPSA) is 70.8 Å². The number of aromatic nitrogens is 4. The maximum absolute atomic E-state index is 4.74. The van der Waals surface area contributed by atoms with Crippen LogP contribution in [-0.4, -0.2) is 38.5 Å². The van der Waals surface area contributed by atoms with Crippen LogP contribution < -0.4 is 0 Å². The van der Waals surface area contributed by atoms with Gasteiger partial charge >= 0.3 is 0 Å². The van der Waals surface area contributed by atoms with Crippen molar-refractivity contribution in [3.05, 3.63) is 29.3 Å². The summed E-state index contributed by atoms with van der Waals surface area (Å²) in [6.07, 6.45) is 4.24. The Labute approximate surface area is 105 Å². The molecule has 0 bridgehead atoms. The summed E-state index contributed by atoms with van der Waals surface area (Å²) in [5.74, 6) is 0.543. The summed E-state index contributed by atoms with van der Waals surface area (Å²) >= 11 is 0. The van der Waals surface area contributed by atoms with Gasteiger partial charge in [0.1, 0.15) is 11.4 Å². The van der Waals surface area contributed by atoms with Crippen LogP contribution in [0, 0.1) is 6.92 Å². The highest BCUT2D eigenvalue weighted by Gasteiger charge is 2.23. The summed E-state index contributed by atoms with van der Waals surface area (Å²) in [5.41, 5.74) is 3.06. The van der Waals surface area contributed by atoms with E-state index in [-0.39, 0.29) is 0 Å². The third kappa shape index (κ3) is 2.28. The Hall–Kier alpha value is -1.69. The lowest BCUT2D eigenvalue weighted by Crippen LogP contribution is -2.34. The van der Waals surface area contributed by atoms with Crippen LogP contribution in [0.1, 0.15) is 35.8 Å². The van der Waals surface area contributed by atoms with Crippen LogP contribution in [0.3, 0.4) is 0 Å². The fraction of sp³-hybridized carbons (Fsp3) is 0.583. The molecule has 3 rings (SSSR count). The van der Waals surface area contributed by atoms with Crippen LogP contribution in [0.4, 0.5) is 0 Å². The van der Waals surface area contributed by atoms with Crippen LogP contribution in [0.25, 0.3) is 0 Å². The third-order valence-electron chi connectivity index (χ3n) is 3.59. The first kappa shape index (κ1) is 11.4. The first-order valence-electron chi connectivity index (χ1n) is 6.32. The molecule has 6 heteroatoms. The molecule has 1 saturated heterocycles.